The quantitative estimate of drug-likeness (QED) is 0.687. The van der Waals surface area contributed by atoms with Gasteiger partial charge in [0.2, 0.25) is 10.0 Å². The molecule has 0 saturated carbocycles. The van der Waals surface area contributed by atoms with Gasteiger partial charge in [-0.15, -0.1) is 11.3 Å². The number of nitrogens with one attached hydrogen (secondary N) is 2. The minimum absolute atomic E-state index is 0.0585. The fourth-order valence-electron chi connectivity index (χ4n) is 2.26. The Morgan fingerprint density at radius 3 is 2.72 bits per heavy atom. The summed E-state index contributed by atoms with van der Waals surface area (Å²) < 4.78 is 31.9. The molecule has 1 heterocycles. The summed E-state index contributed by atoms with van der Waals surface area (Å²) in [5, 5.41) is 4.85. The lowest BCUT2D eigenvalue weighted by molar-refractivity contribution is 0.0939. The average molecular weight is 383 g/mol. The van der Waals surface area contributed by atoms with E-state index in [1.165, 1.54) is 19.2 Å². The van der Waals surface area contributed by atoms with Crippen LogP contribution in [0.25, 0.3) is 0 Å². The molecule has 0 aliphatic rings. The molecule has 1 amide bonds. The minimum atomic E-state index is -3.68. The predicted molar refractivity (Wildman–Crippen MR) is 98.4 cm³/mol. The summed E-state index contributed by atoms with van der Waals surface area (Å²) in [6.45, 7) is 4.12. The van der Waals surface area contributed by atoms with E-state index in [-0.39, 0.29) is 30.0 Å². The van der Waals surface area contributed by atoms with Crippen LogP contribution in [0.2, 0.25) is 0 Å². The fourth-order valence-corrected chi connectivity index (χ4v) is 4.03. The van der Waals surface area contributed by atoms with E-state index in [0.29, 0.717) is 11.1 Å². The lowest BCUT2D eigenvalue weighted by atomic mass is 10.1. The van der Waals surface area contributed by atoms with Crippen molar-refractivity contribution in [3.63, 3.8) is 0 Å². The van der Waals surface area contributed by atoms with Gasteiger partial charge in [0.15, 0.2) is 0 Å². The van der Waals surface area contributed by atoms with Crippen LogP contribution in [-0.2, 0) is 14.8 Å². The number of carbonyl (C=O) groups excluding carboxylic acids is 1. The Kier molecular flexibility index (Phi) is 6.71. The molecule has 0 radical (unpaired) electrons. The molecule has 2 N–H and O–H groups in total. The Labute approximate surface area is 152 Å². The molecule has 2 aromatic rings. The van der Waals surface area contributed by atoms with Crippen molar-refractivity contribution >= 4 is 27.3 Å². The largest absolute Gasteiger partial charge is 0.383 e. The van der Waals surface area contributed by atoms with Crippen LogP contribution in [0.5, 0.6) is 0 Å². The SMILES string of the molecule is COCCNS(=O)(=O)c1ccc(C)c(C(=O)NC(C)c2cccs2)c1. The minimum Gasteiger partial charge on any atom is -0.383 e. The summed E-state index contributed by atoms with van der Waals surface area (Å²) >= 11 is 1.56. The third kappa shape index (κ3) is 5.12. The number of benzene rings is 1. The van der Waals surface area contributed by atoms with Gasteiger partial charge in [-0.05, 0) is 43.0 Å². The van der Waals surface area contributed by atoms with Crippen LogP contribution >= 0.6 is 11.3 Å². The topological polar surface area (TPSA) is 84.5 Å². The third-order valence-electron chi connectivity index (χ3n) is 3.68. The van der Waals surface area contributed by atoms with E-state index in [4.69, 9.17) is 4.74 Å². The van der Waals surface area contributed by atoms with Gasteiger partial charge in [0.05, 0.1) is 17.5 Å². The molecule has 0 aliphatic heterocycles. The summed E-state index contributed by atoms with van der Waals surface area (Å²) in [4.78, 5) is 13.7. The van der Waals surface area contributed by atoms with Crippen molar-refractivity contribution in [2.24, 2.45) is 0 Å². The molecule has 25 heavy (non-hydrogen) atoms. The zero-order valence-electron chi connectivity index (χ0n) is 14.4. The summed E-state index contributed by atoms with van der Waals surface area (Å²) in [6.07, 6.45) is 0. The molecule has 0 aliphatic carbocycles. The highest BCUT2D eigenvalue weighted by molar-refractivity contribution is 7.89. The highest BCUT2D eigenvalue weighted by Gasteiger charge is 2.19. The molecule has 8 heteroatoms. The normalized spacial score (nSPS) is 12.8. The van der Waals surface area contributed by atoms with Gasteiger partial charge in [-0.3, -0.25) is 4.79 Å². The van der Waals surface area contributed by atoms with Gasteiger partial charge in [-0.25, -0.2) is 13.1 Å². The number of rotatable bonds is 8. The standard InChI is InChI=1S/C17H22N2O4S2/c1-12-6-7-14(25(21,22)18-8-9-23-3)11-15(12)17(20)19-13(2)16-5-4-10-24-16/h4-7,10-11,13,18H,8-9H2,1-3H3,(H,19,20). The molecule has 1 unspecified atom stereocenters. The van der Waals surface area contributed by atoms with Crippen LogP contribution in [-0.4, -0.2) is 34.6 Å². The third-order valence-corrected chi connectivity index (χ3v) is 6.19. The van der Waals surface area contributed by atoms with Crippen molar-refractivity contribution in [2.75, 3.05) is 20.3 Å². The van der Waals surface area contributed by atoms with E-state index < -0.39 is 10.0 Å². The zero-order chi connectivity index (χ0) is 18.4. The summed E-state index contributed by atoms with van der Waals surface area (Å²) in [6, 6.07) is 8.25. The number of aryl methyl sites for hydroxylation is 1. The van der Waals surface area contributed by atoms with Gasteiger partial charge in [0.25, 0.3) is 5.91 Å². The Morgan fingerprint density at radius 2 is 2.08 bits per heavy atom. The molecule has 1 aromatic heterocycles. The van der Waals surface area contributed by atoms with E-state index in [1.807, 2.05) is 24.4 Å². The van der Waals surface area contributed by atoms with E-state index in [2.05, 4.69) is 10.0 Å². The maximum Gasteiger partial charge on any atom is 0.252 e. The van der Waals surface area contributed by atoms with Crippen LogP contribution in [0.15, 0.2) is 40.6 Å². The lowest BCUT2D eigenvalue weighted by Gasteiger charge is -2.14. The number of amides is 1. The molecule has 1 atom stereocenters. The van der Waals surface area contributed by atoms with E-state index in [0.717, 1.165) is 4.88 Å². The number of carbonyl (C=O) groups is 1. The Balaban J connectivity index is 2.19. The molecular weight excluding hydrogens is 360 g/mol. The Morgan fingerprint density at radius 1 is 1.32 bits per heavy atom. The summed E-state index contributed by atoms with van der Waals surface area (Å²) in [5.74, 6) is -0.299. The first-order valence-electron chi connectivity index (χ1n) is 7.78. The van der Waals surface area contributed by atoms with Gasteiger partial charge < -0.3 is 10.1 Å². The molecular formula is C17H22N2O4S2. The van der Waals surface area contributed by atoms with Gasteiger partial charge in [0, 0.05) is 24.1 Å². The fraction of sp³-hybridized carbons (Fsp3) is 0.353. The van der Waals surface area contributed by atoms with Crippen LogP contribution in [0.3, 0.4) is 0 Å². The highest BCUT2D eigenvalue weighted by Crippen LogP contribution is 2.20. The van der Waals surface area contributed by atoms with Gasteiger partial charge in [-0.2, -0.15) is 0 Å². The molecule has 6 nitrogen and oxygen atoms in total. The molecule has 136 valence electrons. The van der Waals surface area contributed by atoms with Crippen molar-refractivity contribution in [1.82, 2.24) is 10.0 Å². The first kappa shape index (κ1) is 19.6. The molecule has 0 bridgehead atoms. The van der Waals surface area contributed by atoms with E-state index in [9.17, 15) is 13.2 Å². The van der Waals surface area contributed by atoms with Crippen molar-refractivity contribution < 1.29 is 17.9 Å². The first-order valence-corrected chi connectivity index (χ1v) is 10.1. The predicted octanol–water partition coefficient (Wildman–Crippen LogP) is 2.47. The van der Waals surface area contributed by atoms with Crippen molar-refractivity contribution in [2.45, 2.75) is 24.8 Å². The average Bonchev–Trinajstić information content (AvgIpc) is 3.09. The second-order valence-electron chi connectivity index (χ2n) is 5.58. The Bertz CT molecular complexity index is 817. The maximum absolute atomic E-state index is 12.6. The van der Waals surface area contributed by atoms with E-state index in [1.54, 1.807) is 24.3 Å². The number of thiophene rings is 1. The number of ether oxygens (including phenoxy) is 1. The second-order valence-corrected chi connectivity index (χ2v) is 8.32. The smallest absolute Gasteiger partial charge is 0.252 e. The van der Waals surface area contributed by atoms with Crippen LogP contribution in [0, 0.1) is 6.92 Å². The molecule has 0 spiro atoms. The van der Waals surface area contributed by atoms with Crippen LogP contribution in [0.1, 0.15) is 33.8 Å². The zero-order valence-corrected chi connectivity index (χ0v) is 16.0. The second kappa shape index (κ2) is 8.57. The van der Waals surface area contributed by atoms with Crippen molar-refractivity contribution in [1.29, 1.82) is 0 Å². The van der Waals surface area contributed by atoms with Crippen molar-refractivity contribution in [3.05, 3.63) is 51.7 Å². The number of methoxy groups -OCH3 is 1. The number of sulfonamides is 1. The Hall–Kier alpha value is -1.74. The number of hydrogen-bond acceptors (Lipinski definition) is 5. The molecule has 2 rings (SSSR count). The summed E-state index contributed by atoms with van der Waals surface area (Å²) in [5.41, 5.74) is 1.06. The van der Waals surface area contributed by atoms with Crippen LogP contribution < -0.4 is 10.0 Å². The highest BCUT2D eigenvalue weighted by atomic mass is 32.2. The van der Waals surface area contributed by atoms with Gasteiger partial charge >= 0.3 is 0 Å². The monoisotopic (exact) mass is 382 g/mol. The maximum atomic E-state index is 12.6. The molecule has 0 fully saturated rings. The van der Waals surface area contributed by atoms with Gasteiger partial charge in [-0.1, -0.05) is 12.1 Å². The first-order chi connectivity index (χ1) is 11.8. The van der Waals surface area contributed by atoms with Crippen LogP contribution in [0.4, 0.5) is 0 Å². The van der Waals surface area contributed by atoms with E-state index >= 15 is 0 Å². The molecule has 1 aromatic carbocycles. The molecule has 0 saturated heterocycles. The van der Waals surface area contributed by atoms with Crippen molar-refractivity contribution in [3.8, 4) is 0 Å². The van der Waals surface area contributed by atoms with Gasteiger partial charge in [0.1, 0.15) is 0 Å². The summed E-state index contributed by atoms with van der Waals surface area (Å²) in [7, 11) is -2.19. The lowest BCUT2D eigenvalue weighted by Crippen LogP contribution is -2.29. The number of hydrogen-bond donors (Lipinski definition) is 2.